The third kappa shape index (κ3) is 5.39. The predicted octanol–water partition coefficient (Wildman–Crippen LogP) is -1.68. The summed E-state index contributed by atoms with van der Waals surface area (Å²) in [4.78, 5) is 0. The number of rotatable bonds is 13. The number of aliphatic hydroxyl groups is 2. The molecule has 22 heavy (non-hydrogen) atoms. The molecule has 3 fully saturated rings. The van der Waals surface area contributed by atoms with Gasteiger partial charge in [-0.25, -0.2) is 0 Å². The Balaban J connectivity index is 1.53. The van der Waals surface area contributed by atoms with Gasteiger partial charge in [-0.05, 0) is 0 Å². The lowest BCUT2D eigenvalue weighted by Gasteiger charge is -2.31. The van der Waals surface area contributed by atoms with Crippen LogP contribution in [0.3, 0.4) is 0 Å². The fourth-order valence-electron chi connectivity index (χ4n) is 2.13. The summed E-state index contributed by atoms with van der Waals surface area (Å²) in [6.45, 7) is 2.78. The molecule has 8 heteroatoms. The quantitative estimate of drug-likeness (QED) is 0.388. The summed E-state index contributed by atoms with van der Waals surface area (Å²) in [5.74, 6) is 0. The molecule has 3 heterocycles. The van der Waals surface area contributed by atoms with Gasteiger partial charge in [-0.1, -0.05) is 0 Å². The highest BCUT2D eigenvalue weighted by Gasteiger charge is 2.36. The fraction of sp³-hybridized carbons (Fsp3) is 1.00. The van der Waals surface area contributed by atoms with E-state index in [1.54, 1.807) is 0 Å². The number of hydrogen-bond donors (Lipinski definition) is 2. The van der Waals surface area contributed by atoms with Crippen LogP contribution >= 0.6 is 0 Å². The van der Waals surface area contributed by atoms with Crippen molar-refractivity contribution in [3.8, 4) is 0 Å². The number of hydrogen-bond acceptors (Lipinski definition) is 8. The summed E-state index contributed by atoms with van der Waals surface area (Å²) in [6, 6.07) is 0. The van der Waals surface area contributed by atoms with Gasteiger partial charge in [0.25, 0.3) is 0 Å². The molecule has 6 atom stereocenters. The zero-order valence-electron chi connectivity index (χ0n) is 12.5. The average molecular weight is 320 g/mol. The maximum absolute atomic E-state index is 9.61. The molecular formula is C14H24O8. The van der Waals surface area contributed by atoms with Gasteiger partial charge in [-0.15, -0.1) is 0 Å². The first kappa shape index (κ1) is 16.5. The van der Waals surface area contributed by atoms with Crippen LogP contribution in [0.15, 0.2) is 0 Å². The van der Waals surface area contributed by atoms with E-state index < -0.39 is 18.3 Å². The molecule has 0 aromatic heterocycles. The van der Waals surface area contributed by atoms with E-state index in [1.807, 2.05) is 0 Å². The number of epoxide rings is 3. The van der Waals surface area contributed by atoms with Crippen molar-refractivity contribution in [1.29, 1.82) is 0 Å². The summed E-state index contributed by atoms with van der Waals surface area (Å²) < 4.78 is 32.5. The first-order valence-electron chi connectivity index (χ1n) is 7.71. The Morgan fingerprint density at radius 2 is 1.09 bits per heavy atom. The predicted molar refractivity (Wildman–Crippen MR) is 72.6 cm³/mol. The van der Waals surface area contributed by atoms with Crippen molar-refractivity contribution in [2.75, 3.05) is 52.9 Å². The van der Waals surface area contributed by atoms with E-state index in [4.69, 9.17) is 28.4 Å². The standard InChI is InChI=1S/C14H24O8/c15-1-12(20-6-9-3-17-9)14(22-8-11-5-19-11)13(2-16)21-7-10-4-18-10/h9-16H,1-8H2/t9?,10?,11?,12-,13+,14?. The zero-order chi connectivity index (χ0) is 15.4. The van der Waals surface area contributed by atoms with E-state index in [2.05, 4.69) is 0 Å². The van der Waals surface area contributed by atoms with Crippen molar-refractivity contribution < 1.29 is 38.6 Å². The Bertz CT molecular complexity index is 305. The van der Waals surface area contributed by atoms with Gasteiger partial charge in [0.05, 0.1) is 52.9 Å². The van der Waals surface area contributed by atoms with Crippen LogP contribution in [0.2, 0.25) is 0 Å². The van der Waals surface area contributed by atoms with Gasteiger partial charge >= 0.3 is 0 Å². The van der Waals surface area contributed by atoms with Crippen LogP contribution in [0, 0.1) is 0 Å². The molecule has 128 valence electrons. The smallest absolute Gasteiger partial charge is 0.114 e. The van der Waals surface area contributed by atoms with Crippen LogP contribution in [0.25, 0.3) is 0 Å². The SMILES string of the molecule is OC[C@H](OCC1CO1)C(OCC1CO1)[C@@H](CO)OCC1CO1. The highest BCUT2D eigenvalue weighted by Crippen LogP contribution is 2.20. The third-order valence-corrected chi connectivity index (χ3v) is 3.77. The molecular weight excluding hydrogens is 296 g/mol. The first-order chi connectivity index (χ1) is 10.8. The minimum Gasteiger partial charge on any atom is -0.394 e. The van der Waals surface area contributed by atoms with Crippen molar-refractivity contribution >= 4 is 0 Å². The van der Waals surface area contributed by atoms with Gasteiger partial charge in [0.1, 0.15) is 36.6 Å². The maximum Gasteiger partial charge on any atom is 0.114 e. The van der Waals surface area contributed by atoms with Crippen molar-refractivity contribution in [2.45, 2.75) is 36.6 Å². The van der Waals surface area contributed by atoms with Crippen LogP contribution in [-0.2, 0) is 28.4 Å². The van der Waals surface area contributed by atoms with Crippen LogP contribution < -0.4 is 0 Å². The topological polar surface area (TPSA) is 106 Å². The largest absolute Gasteiger partial charge is 0.394 e. The molecule has 8 nitrogen and oxygen atoms in total. The zero-order valence-corrected chi connectivity index (χ0v) is 12.5. The molecule has 0 bridgehead atoms. The molecule has 4 unspecified atom stereocenters. The average Bonchev–Trinajstić information content (AvgIpc) is 3.39. The molecule has 0 saturated carbocycles. The van der Waals surface area contributed by atoms with Gasteiger partial charge in [0.15, 0.2) is 0 Å². The molecule has 0 aliphatic carbocycles. The third-order valence-electron chi connectivity index (χ3n) is 3.77. The number of ether oxygens (including phenoxy) is 6. The normalized spacial score (nSPS) is 33.3. The maximum atomic E-state index is 9.61. The minimum atomic E-state index is -0.583. The Kier molecular flexibility index (Phi) is 6.00. The summed E-state index contributed by atoms with van der Waals surface area (Å²) in [5, 5.41) is 19.2. The van der Waals surface area contributed by atoms with Crippen LogP contribution in [0.5, 0.6) is 0 Å². The van der Waals surface area contributed by atoms with E-state index >= 15 is 0 Å². The highest BCUT2D eigenvalue weighted by atomic mass is 16.6. The Labute approximate surface area is 129 Å². The second-order valence-corrected chi connectivity index (χ2v) is 5.77. The highest BCUT2D eigenvalue weighted by molar-refractivity contribution is 4.83. The van der Waals surface area contributed by atoms with Gasteiger partial charge < -0.3 is 38.6 Å². The van der Waals surface area contributed by atoms with Crippen molar-refractivity contribution in [3.05, 3.63) is 0 Å². The molecule has 0 radical (unpaired) electrons. The molecule has 0 amide bonds. The van der Waals surface area contributed by atoms with Gasteiger partial charge in [0.2, 0.25) is 0 Å². The van der Waals surface area contributed by atoms with E-state index in [-0.39, 0.29) is 31.5 Å². The van der Waals surface area contributed by atoms with Crippen LogP contribution in [0.4, 0.5) is 0 Å². The molecule has 0 aromatic carbocycles. The second kappa shape index (κ2) is 7.98. The minimum absolute atomic E-state index is 0.0831. The van der Waals surface area contributed by atoms with Crippen LogP contribution in [0.1, 0.15) is 0 Å². The van der Waals surface area contributed by atoms with Crippen molar-refractivity contribution in [1.82, 2.24) is 0 Å². The van der Waals surface area contributed by atoms with E-state index in [0.717, 1.165) is 0 Å². The molecule has 0 spiro atoms. The molecule has 2 N–H and O–H groups in total. The number of aliphatic hydroxyl groups excluding tert-OH is 2. The molecule has 3 saturated heterocycles. The Morgan fingerprint density at radius 1 is 0.727 bits per heavy atom. The second-order valence-electron chi connectivity index (χ2n) is 5.77. The Morgan fingerprint density at radius 3 is 1.41 bits per heavy atom. The lowest BCUT2D eigenvalue weighted by atomic mass is 10.1. The molecule has 3 aliphatic heterocycles. The van der Waals surface area contributed by atoms with Crippen molar-refractivity contribution in [3.63, 3.8) is 0 Å². The Hall–Kier alpha value is -0.320. The summed E-state index contributed by atoms with van der Waals surface area (Å²) in [7, 11) is 0. The molecule has 3 rings (SSSR count). The lowest BCUT2D eigenvalue weighted by Crippen LogP contribution is -2.47. The monoisotopic (exact) mass is 320 g/mol. The fourth-order valence-corrected chi connectivity index (χ4v) is 2.13. The van der Waals surface area contributed by atoms with Gasteiger partial charge in [-0.2, -0.15) is 0 Å². The van der Waals surface area contributed by atoms with Crippen LogP contribution in [-0.4, -0.2) is 99.7 Å². The van der Waals surface area contributed by atoms with E-state index in [9.17, 15) is 10.2 Å². The molecule has 0 aromatic rings. The first-order valence-corrected chi connectivity index (χ1v) is 7.71. The summed E-state index contributed by atoms with van der Waals surface area (Å²) in [5.41, 5.74) is 0. The van der Waals surface area contributed by atoms with Gasteiger partial charge in [0, 0.05) is 0 Å². The summed E-state index contributed by atoms with van der Waals surface area (Å²) in [6.07, 6.45) is -1.47. The van der Waals surface area contributed by atoms with Crippen molar-refractivity contribution in [2.24, 2.45) is 0 Å². The van der Waals surface area contributed by atoms with Gasteiger partial charge in [-0.3, -0.25) is 0 Å². The molecule has 3 aliphatic rings. The summed E-state index contributed by atoms with van der Waals surface area (Å²) >= 11 is 0. The van der Waals surface area contributed by atoms with E-state index in [1.165, 1.54) is 0 Å². The van der Waals surface area contributed by atoms with E-state index in [0.29, 0.717) is 39.6 Å². The lowest BCUT2D eigenvalue weighted by molar-refractivity contribution is -0.163.